The largest absolute Gasteiger partial charge is 0.355 e. The molecule has 1 saturated heterocycles. The van der Waals surface area contributed by atoms with Crippen LogP contribution in [0.25, 0.3) is 10.8 Å². The molecule has 4 rings (SSSR count). The number of nitrogens with zero attached hydrogens (tertiary/aromatic N) is 1. The predicted octanol–water partition coefficient (Wildman–Crippen LogP) is 4.43. The molecule has 172 valence electrons. The number of benzene rings is 2. The van der Waals surface area contributed by atoms with Crippen LogP contribution in [0.1, 0.15) is 67.8 Å². The van der Waals surface area contributed by atoms with Crippen molar-refractivity contribution in [2.75, 3.05) is 19.6 Å². The van der Waals surface area contributed by atoms with Gasteiger partial charge in [-0.05, 0) is 60.9 Å². The van der Waals surface area contributed by atoms with E-state index in [1.165, 1.54) is 32.1 Å². The van der Waals surface area contributed by atoms with Crippen molar-refractivity contribution in [1.29, 1.82) is 0 Å². The van der Waals surface area contributed by atoms with Gasteiger partial charge in [-0.1, -0.05) is 56.5 Å². The second kappa shape index (κ2) is 10.5. The lowest BCUT2D eigenvalue weighted by atomic mass is 9.89. The number of likely N-dealkylation sites (tertiary alicyclic amines) is 1. The molecule has 0 bridgehead atoms. The number of amides is 2. The molecule has 2 fully saturated rings. The number of carbonyl (C=O) groups is 2. The van der Waals surface area contributed by atoms with E-state index in [1.54, 1.807) is 0 Å². The van der Waals surface area contributed by atoms with Crippen molar-refractivity contribution in [2.45, 2.75) is 70.9 Å². The fourth-order valence-electron chi connectivity index (χ4n) is 5.49. The summed E-state index contributed by atoms with van der Waals surface area (Å²) in [6.45, 7) is 6.51. The van der Waals surface area contributed by atoms with Gasteiger partial charge < -0.3 is 10.6 Å². The monoisotopic (exact) mass is 435 g/mol. The molecular weight excluding hydrogens is 398 g/mol. The summed E-state index contributed by atoms with van der Waals surface area (Å²) in [7, 11) is 0. The van der Waals surface area contributed by atoms with Gasteiger partial charge in [-0.25, -0.2) is 0 Å². The number of rotatable bonds is 7. The molecule has 1 heterocycles. The summed E-state index contributed by atoms with van der Waals surface area (Å²) < 4.78 is 0. The molecule has 0 radical (unpaired) electrons. The highest BCUT2D eigenvalue weighted by atomic mass is 16.2. The smallest absolute Gasteiger partial charge is 0.251 e. The number of hydrogen-bond donors (Lipinski definition) is 2. The molecule has 2 N–H and O–H groups in total. The van der Waals surface area contributed by atoms with Gasteiger partial charge in [0.2, 0.25) is 5.91 Å². The minimum absolute atomic E-state index is 0.00524. The molecule has 2 amide bonds. The highest BCUT2D eigenvalue weighted by molar-refractivity contribution is 6.01. The van der Waals surface area contributed by atoms with Gasteiger partial charge in [0, 0.05) is 31.2 Å². The van der Waals surface area contributed by atoms with E-state index < -0.39 is 0 Å². The first-order valence-electron chi connectivity index (χ1n) is 12.4. The second-order valence-electron chi connectivity index (χ2n) is 9.63. The van der Waals surface area contributed by atoms with Crippen molar-refractivity contribution in [3.63, 3.8) is 0 Å². The van der Waals surface area contributed by atoms with E-state index in [0.717, 1.165) is 41.4 Å². The van der Waals surface area contributed by atoms with Gasteiger partial charge >= 0.3 is 0 Å². The van der Waals surface area contributed by atoms with Gasteiger partial charge in [-0.3, -0.25) is 14.5 Å². The average Bonchev–Trinajstić information content (AvgIpc) is 3.20. The van der Waals surface area contributed by atoms with Crippen molar-refractivity contribution in [1.82, 2.24) is 15.5 Å². The van der Waals surface area contributed by atoms with E-state index in [2.05, 4.69) is 34.6 Å². The molecule has 2 aliphatic rings. The molecule has 5 nitrogen and oxygen atoms in total. The van der Waals surface area contributed by atoms with Gasteiger partial charge in [-0.15, -0.1) is 0 Å². The quantitative estimate of drug-likeness (QED) is 0.676. The molecule has 2 aromatic rings. The number of fused-ring (bicyclic) bond motifs is 1. The average molecular weight is 436 g/mol. The zero-order valence-electron chi connectivity index (χ0n) is 19.5. The van der Waals surface area contributed by atoms with Gasteiger partial charge in [0.05, 0.1) is 6.04 Å². The maximum atomic E-state index is 13.2. The van der Waals surface area contributed by atoms with E-state index in [9.17, 15) is 9.59 Å². The molecule has 2 aromatic carbocycles. The fraction of sp³-hybridized carbons (Fsp3) is 0.556. The molecule has 0 aromatic heterocycles. The molecule has 1 aliphatic heterocycles. The van der Waals surface area contributed by atoms with Crippen molar-refractivity contribution in [3.05, 3.63) is 47.5 Å². The van der Waals surface area contributed by atoms with E-state index in [4.69, 9.17) is 0 Å². The maximum absolute atomic E-state index is 13.2. The van der Waals surface area contributed by atoms with Crippen LogP contribution in [0, 0.1) is 12.8 Å². The second-order valence-corrected chi connectivity index (χ2v) is 9.63. The molecular formula is C27H37N3O2. The minimum atomic E-state index is -0.147. The lowest BCUT2D eigenvalue weighted by Crippen LogP contribution is -2.45. The van der Waals surface area contributed by atoms with Crippen LogP contribution in [0.2, 0.25) is 0 Å². The van der Waals surface area contributed by atoms with E-state index in [0.29, 0.717) is 18.9 Å². The van der Waals surface area contributed by atoms with Crippen molar-refractivity contribution in [3.8, 4) is 0 Å². The Balaban J connectivity index is 1.46. The van der Waals surface area contributed by atoms with Crippen molar-refractivity contribution >= 4 is 22.6 Å². The van der Waals surface area contributed by atoms with Gasteiger partial charge in [0.15, 0.2) is 0 Å². The van der Waals surface area contributed by atoms with Crippen LogP contribution >= 0.6 is 0 Å². The lowest BCUT2D eigenvalue weighted by Gasteiger charge is -2.30. The summed E-state index contributed by atoms with van der Waals surface area (Å²) in [4.78, 5) is 28.4. The van der Waals surface area contributed by atoms with E-state index >= 15 is 0 Å². The number of carbonyl (C=O) groups excluding carboxylic acids is 2. The Morgan fingerprint density at radius 3 is 2.62 bits per heavy atom. The third-order valence-electron chi connectivity index (χ3n) is 7.25. The normalized spacial score (nSPS) is 22.2. The molecule has 1 aliphatic carbocycles. The van der Waals surface area contributed by atoms with Crippen LogP contribution < -0.4 is 10.6 Å². The standard InChI is InChI=1S/C27H37N3O2/c1-3-15-28-27(32)25-16-22(18-30(25)17-20-9-5-4-6-10-20)29-26(31)24-14-13-21-11-7-8-12-23(21)19(24)2/h7-8,11-14,20,22,25H,3-6,9-10,15-18H2,1-2H3,(H,28,32)(H,29,31)/t22-,25-/m0/s1. The number of hydrogen-bond acceptors (Lipinski definition) is 3. The van der Waals surface area contributed by atoms with Crippen LogP contribution in [0.4, 0.5) is 0 Å². The minimum Gasteiger partial charge on any atom is -0.355 e. The zero-order chi connectivity index (χ0) is 22.5. The predicted molar refractivity (Wildman–Crippen MR) is 130 cm³/mol. The van der Waals surface area contributed by atoms with Crippen LogP contribution in [-0.4, -0.2) is 48.4 Å². The van der Waals surface area contributed by atoms with Crippen LogP contribution in [0.3, 0.4) is 0 Å². The summed E-state index contributed by atoms with van der Waals surface area (Å²) in [6, 6.07) is 12.0. The van der Waals surface area contributed by atoms with Gasteiger partial charge in [0.1, 0.15) is 0 Å². The van der Waals surface area contributed by atoms with E-state index in [1.807, 2.05) is 31.2 Å². The topological polar surface area (TPSA) is 61.4 Å². The van der Waals surface area contributed by atoms with Crippen LogP contribution in [0.5, 0.6) is 0 Å². The summed E-state index contributed by atoms with van der Waals surface area (Å²) in [5, 5.41) is 8.59. The molecule has 2 atom stereocenters. The Morgan fingerprint density at radius 1 is 1.06 bits per heavy atom. The number of nitrogens with one attached hydrogen (secondary N) is 2. The number of aryl methyl sites for hydroxylation is 1. The first-order chi connectivity index (χ1) is 15.6. The van der Waals surface area contributed by atoms with Gasteiger partial charge in [0.25, 0.3) is 5.91 Å². The summed E-state index contributed by atoms with van der Waals surface area (Å²) in [6.07, 6.45) is 8.06. The summed E-state index contributed by atoms with van der Waals surface area (Å²) in [5.74, 6) is 0.745. The highest BCUT2D eigenvalue weighted by Gasteiger charge is 2.38. The highest BCUT2D eigenvalue weighted by Crippen LogP contribution is 2.28. The first kappa shape index (κ1) is 22.8. The molecule has 1 saturated carbocycles. The molecule has 0 unspecified atom stereocenters. The zero-order valence-corrected chi connectivity index (χ0v) is 19.5. The molecule has 5 heteroatoms. The summed E-state index contributed by atoms with van der Waals surface area (Å²) >= 11 is 0. The fourth-order valence-corrected chi connectivity index (χ4v) is 5.49. The van der Waals surface area contributed by atoms with Crippen molar-refractivity contribution in [2.24, 2.45) is 5.92 Å². The third-order valence-corrected chi connectivity index (χ3v) is 7.25. The SMILES string of the molecule is CCCNC(=O)[C@@H]1C[C@H](NC(=O)c2ccc3ccccc3c2C)CN1CC1CCCCC1. The summed E-state index contributed by atoms with van der Waals surface area (Å²) in [5.41, 5.74) is 1.73. The third kappa shape index (κ3) is 5.15. The Kier molecular flexibility index (Phi) is 7.46. The Bertz CT molecular complexity index is 951. The first-order valence-corrected chi connectivity index (χ1v) is 12.4. The Hall–Kier alpha value is -2.40. The molecule has 0 spiro atoms. The Morgan fingerprint density at radius 2 is 1.84 bits per heavy atom. The Labute approximate surface area is 191 Å². The van der Waals surface area contributed by atoms with Crippen LogP contribution in [-0.2, 0) is 4.79 Å². The lowest BCUT2D eigenvalue weighted by molar-refractivity contribution is -0.125. The van der Waals surface area contributed by atoms with Crippen molar-refractivity contribution < 1.29 is 9.59 Å². The van der Waals surface area contributed by atoms with E-state index in [-0.39, 0.29) is 23.9 Å². The maximum Gasteiger partial charge on any atom is 0.251 e. The molecule has 32 heavy (non-hydrogen) atoms. The van der Waals surface area contributed by atoms with Gasteiger partial charge in [-0.2, -0.15) is 0 Å². The van der Waals surface area contributed by atoms with Crippen LogP contribution in [0.15, 0.2) is 36.4 Å².